The highest BCUT2D eigenvalue weighted by Crippen LogP contribution is 2.48. The van der Waals surface area contributed by atoms with Gasteiger partial charge in [-0.1, -0.05) is 43.2 Å². The maximum absolute atomic E-state index is 12.4. The molecule has 1 aliphatic heterocycles. The molecule has 0 unspecified atom stereocenters. The van der Waals surface area contributed by atoms with E-state index in [1.54, 1.807) is 0 Å². The third kappa shape index (κ3) is 2.43. The molecule has 1 amide bonds. The van der Waals surface area contributed by atoms with Crippen LogP contribution in [0.4, 0.5) is 0 Å². The van der Waals surface area contributed by atoms with Crippen molar-refractivity contribution in [1.82, 2.24) is 4.90 Å². The molecule has 2 heteroatoms. The van der Waals surface area contributed by atoms with E-state index in [9.17, 15) is 4.79 Å². The molecule has 3 rings (SSSR count). The fourth-order valence-corrected chi connectivity index (χ4v) is 3.06. The van der Waals surface area contributed by atoms with Crippen molar-refractivity contribution in [2.24, 2.45) is 5.92 Å². The van der Waals surface area contributed by atoms with E-state index < -0.39 is 0 Å². The number of likely N-dealkylation sites (tertiary alicyclic amines) is 1. The van der Waals surface area contributed by atoms with Crippen LogP contribution >= 0.6 is 0 Å². The number of amides is 1. The Bertz CT molecular complexity index is 406. The molecule has 1 saturated carbocycles. The summed E-state index contributed by atoms with van der Waals surface area (Å²) in [5, 5.41) is 0. The molecule has 1 aliphatic carbocycles. The molecular weight excluding hydrogens is 222 g/mol. The minimum Gasteiger partial charge on any atom is -0.342 e. The van der Waals surface area contributed by atoms with Crippen LogP contribution in [0.1, 0.15) is 43.6 Å². The van der Waals surface area contributed by atoms with Gasteiger partial charge < -0.3 is 4.90 Å². The van der Waals surface area contributed by atoms with Gasteiger partial charge in [-0.05, 0) is 30.7 Å². The summed E-state index contributed by atoms with van der Waals surface area (Å²) in [5.41, 5.74) is 1.34. The molecule has 1 saturated heterocycles. The normalized spacial score (nSPS) is 27.7. The molecule has 0 aromatic heterocycles. The second kappa shape index (κ2) is 5.13. The average Bonchev–Trinajstić information content (AvgIpc) is 3.23. The second-order valence-electron chi connectivity index (χ2n) is 5.60. The van der Waals surface area contributed by atoms with Gasteiger partial charge in [0.05, 0.1) is 0 Å². The number of hydrogen-bond acceptors (Lipinski definition) is 1. The zero-order valence-electron chi connectivity index (χ0n) is 10.8. The molecule has 0 spiro atoms. The zero-order valence-corrected chi connectivity index (χ0v) is 10.8. The number of benzene rings is 1. The fraction of sp³-hybridized carbons (Fsp3) is 0.562. The Morgan fingerprint density at radius 3 is 2.33 bits per heavy atom. The fourth-order valence-electron chi connectivity index (χ4n) is 3.06. The van der Waals surface area contributed by atoms with Crippen LogP contribution in [0.3, 0.4) is 0 Å². The number of hydrogen-bond donors (Lipinski definition) is 0. The SMILES string of the molecule is O=C([C@@H]1C[C@H]1c1ccccc1)N1CCCCCC1. The Morgan fingerprint density at radius 2 is 1.67 bits per heavy atom. The summed E-state index contributed by atoms with van der Waals surface area (Å²) in [6.07, 6.45) is 6.01. The van der Waals surface area contributed by atoms with Crippen LogP contribution in [0.15, 0.2) is 30.3 Å². The first-order chi connectivity index (χ1) is 8.86. The van der Waals surface area contributed by atoms with Gasteiger partial charge in [-0.2, -0.15) is 0 Å². The summed E-state index contributed by atoms with van der Waals surface area (Å²) >= 11 is 0. The lowest BCUT2D eigenvalue weighted by Gasteiger charge is -2.20. The van der Waals surface area contributed by atoms with E-state index in [2.05, 4.69) is 29.2 Å². The highest BCUT2D eigenvalue weighted by atomic mass is 16.2. The molecular formula is C16H21NO. The Labute approximate surface area is 109 Å². The largest absolute Gasteiger partial charge is 0.342 e. The van der Waals surface area contributed by atoms with Crippen LogP contribution in [0.2, 0.25) is 0 Å². The summed E-state index contributed by atoms with van der Waals surface area (Å²) in [5.74, 6) is 1.17. The molecule has 2 fully saturated rings. The van der Waals surface area contributed by atoms with E-state index in [1.807, 2.05) is 6.07 Å². The average molecular weight is 243 g/mol. The Kier molecular flexibility index (Phi) is 3.35. The van der Waals surface area contributed by atoms with Gasteiger partial charge in [-0.15, -0.1) is 0 Å². The minimum absolute atomic E-state index is 0.269. The van der Waals surface area contributed by atoms with Crippen LogP contribution in [-0.4, -0.2) is 23.9 Å². The first-order valence-corrected chi connectivity index (χ1v) is 7.20. The van der Waals surface area contributed by atoms with E-state index in [4.69, 9.17) is 0 Å². The van der Waals surface area contributed by atoms with Gasteiger partial charge >= 0.3 is 0 Å². The number of carbonyl (C=O) groups excluding carboxylic acids is 1. The smallest absolute Gasteiger partial charge is 0.226 e. The standard InChI is InChI=1S/C16H21NO/c18-16(17-10-6-1-2-7-11-17)15-12-14(15)13-8-4-3-5-9-13/h3-5,8-9,14-15H,1-2,6-7,10-12H2/t14-,15+/m0/s1. The van der Waals surface area contributed by atoms with Crippen molar-refractivity contribution >= 4 is 5.91 Å². The molecule has 0 bridgehead atoms. The lowest BCUT2D eigenvalue weighted by molar-refractivity contribution is -0.132. The van der Waals surface area contributed by atoms with E-state index in [-0.39, 0.29) is 5.92 Å². The maximum atomic E-state index is 12.4. The van der Waals surface area contributed by atoms with E-state index in [0.717, 1.165) is 19.5 Å². The van der Waals surface area contributed by atoms with Gasteiger partial charge in [-0.25, -0.2) is 0 Å². The Hall–Kier alpha value is -1.31. The minimum atomic E-state index is 0.269. The zero-order chi connectivity index (χ0) is 12.4. The van der Waals surface area contributed by atoms with Crippen LogP contribution in [0.5, 0.6) is 0 Å². The van der Waals surface area contributed by atoms with Crippen molar-refractivity contribution in [3.05, 3.63) is 35.9 Å². The Balaban J connectivity index is 1.61. The quantitative estimate of drug-likeness (QED) is 0.781. The summed E-state index contributed by atoms with van der Waals surface area (Å²) in [7, 11) is 0. The molecule has 2 nitrogen and oxygen atoms in total. The summed E-state index contributed by atoms with van der Waals surface area (Å²) in [6.45, 7) is 1.97. The third-order valence-electron chi connectivity index (χ3n) is 4.25. The van der Waals surface area contributed by atoms with E-state index in [0.29, 0.717) is 11.8 Å². The van der Waals surface area contributed by atoms with E-state index >= 15 is 0 Å². The van der Waals surface area contributed by atoms with Crippen molar-refractivity contribution in [2.75, 3.05) is 13.1 Å². The van der Waals surface area contributed by atoms with Gasteiger partial charge in [-0.3, -0.25) is 4.79 Å². The van der Waals surface area contributed by atoms with Crippen molar-refractivity contribution in [2.45, 2.75) is 38.0 Å². The van der Waals surface area contributed by atoms with Crippen molar-refractivity contribution in [3.63, 3.8) is 0 Å². The third-order valence-corrected chi connectivity index (χ3v) is 4.25. The lowest BCUT2D eigenvalue weighted by Crippen LogP contribution is -2.33. The van der Waals surface area contributed by atoms with Crippen LogP contribution in [0.25, 0.3) is 0 Å². The molecule has 2 atom stereocenters. The van der Waals surface area contributed by atoms with Crippen LogP contribution in [0, 0.1) is 5.92 Å². The number of carbonyl (C=O) groups is 1. The van der Waals surface area contributed by atoms with Gasteiger partial charge in [0.1, 0.15) is 0 Å². The summed E-state index contributed by atoms with van der Waals surface area (Å²) < 4.78 is 0. The van der Waals surface area contributed by atoms with Crippen LogP contribution < -0.4 is 0 Å². The number of nitrogens with zero attached hydrogens (tertiary/aromatic N) is 1. The van der Waals surface area contributed by atoms with E-state index in [1.165, 1.54) is 31.2 Å². The van der Waals surface area contributed by atoms with Crippen molar-refractivity contribution in [1.29, 1.82) is 0 Å². The first kappa shape index (κ1) is 11.8. The van der Waals surface area contributed by atoms with Gasteiger partial charge in [0, 0.05) is 19.0 Å². The monoisotopic (exact) mass is 243 g/mol. The van der Waals surface area contributed by atoms with Crippen molar-refractivity contribution in [3.8, 4) is 0 Å². The molecule has 1 aromatic carbocycles. The first-order valence-electron chi connectivity index (χ1n) is 7.20. The topological polar surface area (TPSA) is 20.3 Å². The molecule has 1 aromatic rings. The summed E-state index contributed by atoms with van der Waals surface area (Å²) in [4.78, 5) is 14.5. The maximum Gasteiger partial charge on any atom is 0.226 e. The highest BCUT2D eigenvalue weighted by molar-refractivity contribution is 5.83. The lowest BCUT2D eigenvalue weighted by atomic mass is 10.1. The van der Waals surface area contributed by atoms with Crippen molar-refractivity contribution < 1.29 is 4.79 Å². The summed E-state index contributed by atoms with van der Waals surface area (Å²) in [6, 6.07) is 10.5. The molecule has 18 heavy (non-hydrogen) atoms. The Morgan fingerprint density at radius 1 is 1.00 bits per heavy atom. The molecule has 1 heterocycles. The molecule has 0 N–H and O–H groups in total. The number of rotatable bonds is 2. The van der Waals surface area contributed by atoms with Gasteiger partial charge in [0.25, 0.3) is 0 Å². The van der Waals surface area contributed by atoms with Gasteiger partial charge in [0.15, 0.2) is 0 Å². The molecule has 0 radical (unpaired) electrons. The van der Waals surface area contributed by atoms with Gasteiger partial charge in [0.2, 0.25) is 5.91 Å². The van der Waals surface area contributed by atoms with Crippen LogP contribution in [-0.2, 0) is 4.79 Å². The molecule has 96 valence electrons. The highest BCUT2D eigenvalue weighted by Gasteiger charge is 2.45. The molecule has 2 aliphatic rings. The second-order valence-corrected chi connectivity index (χ2v) is 5.60. The predicted molar refractivity (Wildman–Crippen MR) is 72.3 cm³/mol. The predicted octanol–water partition coefficient (Wildman–Crippen LogP) is 3.19.